The third kappa shape index (κ3) is 5.50. The van der Waals surface area contributed by atoms with Gasteiger partial charge in [0.15, 0.2) is 6.29 Å². The number of hydrogen-bond donors (Lipinski definition) is 0. The summed E-state index contributed by atoms with van der Waals surface area (Å²) in [6.45, 7) is 3.40. The Kier molecular flexibility index (Phi) is 6.08. The molecular weight excluding hydrogens is 297 g/mol. The monoisotopic (exact) mass is 318 g/mol. The second-order valence-electron chi connectivity index (χ2n) is 5.48. The van der Waals surface area contributed by atoms with Crippen molar-refractivity contribution in [3.05, 3.63) is 29.8 Å². The zero-order chi connectivity index (χ0) is 16.0. The highest BCUT2D eigenvalue weighted by Crippen LogP contribution is 2.29. The van der Waals surface area contributed by atoms with Crippen LogP contribution in [0.4, 0.5) is 13.2 Å². The summed E-state index contributed by atoms with van der Waals surface area (Å²) in [6.07, 6.45) is -0.543. The van der Waals surface area contributed by atoms with Gasteiger partial charge in [0, 0.05) is 11.5 Å². The molecule has 1 aromatic carbocycles. The lowest BCUT2D eigenvalue weighted by Crippen LogP contribution is -2.27. The number of unbranched alkanes of at least 4 members (excludes halogenated alkanes) is 2. The Hall–Kier alpha value is -1.27. The molecule has 3 nitrogen and oxygen atoms in total. The summed E-state index contributed by atoms with van der Waals surface area (Å²) in [6, 6.07) is 5.60. The summed E-state index contributed by atoms with van der Waals surface area (Å²) in [5.41, 5.74) is 0.696. The molecule has 1 heterocycles. The van der Waals surface area contributed by atoms with Gasteiger partial charge < -0.3 is 14.2 Å². The predicted octanol–water partition coefficient (Wildman–Crippen LogP) is 4.83. The van der Waals surface area contributed by atoms with Gasteiger partial charge in [-0.1, -0.05) is 38.3 Å². The lowest BCUT2D eigenvalue weighted by atomic mass is 10.0. The summed E-state index contributed by atoms with van der Waals surface area (Å²) < 4.78 is 51.4. The number of hydrogen-bond acceptors (Lipinski definition) is 3. The zero-order valence-corrected chi connectivity index (χ0v) is 12.6. The van der Waals surface area contributed by atoms with Crippen molar-refractivity contribution >= 4 is 0 Å². The molecule has 0 saturated carbocycles. The molecule has 124 valence electrons. The van der Waals surface area contributed by atoms with Crippen LogP contribution >= 0.6 is 0 Å². The van der Waals surface area contributed by atoms with Gasteiger partial charge in [0.1, 0.15) is 5.75 Å². The second kappa shape index (κ2) is 7.83. The predicted molar refractivity (Wildman–Crippen MR) is 75.4 cm³/mol. The molecule has 0 bridgehead atoms. The fourth-order valence-corrected chi connectivity index (χ4v) is 2.41. The average Bonchev–Trinajstić information content (AvgIpc) is 2.48. The van der Waals surface area contributed by atoms with Crippen molar-refractivity contribution in [3.8, 4) is 5.75 Å². The van der Waals surface area contributed by atoms with Gasteiger partial charge in [-0.15, -0.1) is 13.2 Å². The molecule has 0 unspecified atom stereocenters. The number of alkyl halides is 3. The van der Waals surface area contributed by atoms with Gasteiger partial charge in [0.05, 0.1) is 13.2 Å². The van der Waals surface area contributed by atoms with E-state index in [1.165, 1.54) is 43.5 Å². The molecule has 1 aromatic rings. The summed E-state index contributed by atoms with van der Waals surface area (Å²) in [5.74, 6) is 0.153. The fourth-order valence-electron chi connectivity index (χ4n) is 2.41. The van der Waals surface area contributed by atoms with Gasteiger partial charge in [-0.3, -0.25) is 0 Å². The first-order valence-electron chi connectivity index (χ1n) is 7.57. The Balaban J connectivity index is 1.81. The van der Waals surface area contributed by atoms with Crippen LogP contribution in [0.15, 0.2) is 24.3 Å². The largest absolute Gasteiger partial charge is 0.573 e. The van der Waals surface area contributed by atoms with Gasteiger partial charge in [-0.05, 0) is 18.6 Å². The van der Waals surface area contributed by atoms with E-state index in [1.54, 1.807) is 0 Å². The van der Waals surface area contributed by atoms with Crippen LogP contribution in [0.25, 0.3) is 0 Å². The van der Waals surface area contributed by atoms with E-state index in [0.717, 1.165) is 6.42 Å². The van der Waals surface area contributed by atoms with Crippen LogP contribution in [0, 0.1) is 5.92 Å². The first kappa shape index (κ1) is 17.1. The fraction of sp³-hybridized carbons (Fsp3) is 0.625. The molecule has 0 spiro atoms. The van der Waals surface area contributed by atoms with Crippen LogP contribution in [-0.2, 0) is 9.47 Å². The van der Waals surface area contributed by atoms with Gasteiger partial charge in [0.25, 0.3) is 0 Å². The highest BCUT2D eigenvalue weighted by Gasteiger charge is 2.31. The molecule has 0 atom stereocenters. The third-order valence-electron chi connectivity index (χ3n) is 3.57. The smallest absolute Gasteiger partial charge is 0.406 e. The van der Waals surface area contributed by atoms with E-state index in [2.05, 4.69) is 11.7 Å². The zero-order valence-electron chi connectivity index (χ0n) is 12.6. The Morgan fingerprint density at radius 1 is 1.09 bits per heavy atom. The quantitative estimate of drug-likeness (QED) is 0.703. The lowest BCUT2D eigenvalue weighted by molar-refractivity contribution is -0.274. The van der Waals surface area contributed by atoms with Crippen molar-refractivity contribution in [3.63, 3.8) is 0 Å². The number of benzene rings is 1. The van der Waals surface area contributed by atoms with E-state index >= 15 is 0 Å². The van der Waals surface area contributed by atoms with Crippen molar-refractivity contribution in [1.29, 1.82) is 0 Å². The van der Waals surface area contributed by atoms with Crippen LogP contribution in [0.5, 0.6) is 5.75 Å². The minimum atomic E-state index is -4.68. The second-order valence-corrected chi connectivity index (χ2v) is 5.48. The number of ether oxygens (including phenoxy) is 3. The Morgan fingerprint density at radius 2 is 1.73 bits per heavy atom. The maximum absolute atomic E-state index is 12.1. The van der Waals surface area contributed by atoms with Crippen molar-refractivity contribution in [1.82, 2.24) is 0 Å². The molecule has 6 heteroatoms. The molecule has 0 amide bonds. The van der Waals surface area contributed by atoms with E-state index in [0.29, 0.717) is 24.7 Å². The molecule has 0 radical (unpaired) electrons. The Labute approximate surface area is 128 Å². The maximum Gasteiger partial charge on any atom is 0.573 e. The Bertz CT molecular complexity index is 437. The molecular formula is C16H21F3O3. The molecule has 1 aliphatic rings. The van der Waals surface area contributed by atoms with Gasteiger partial charge in [-0.25, -0.2) is 0 Å². The van der Waals surface area contributed by atoms with E-state index in [4.69, 9.17) is 9.47 Å². The first-order chi connectivity index (χ1) is 10.5. The molecule has 1 fully saturated rings. The molecule has 22 heavy (non-hydrogen) atoms. The average molecular weight is 318 g/mol. The highest BCUT2D eigenvalue weighted by molar-refractivity contribution is 5.28. The van der Waals surface area contributed by atoms with Crippen LogP contribution in [0.3, 0.4) is 0 Å². The topological polar surface area (TPSA) is 27.7 Å². The highest BCUT2D eigenvalue weighted by atomic mass is 19.4. The summed E-state index contributed by atoms with van der Waals surface area (Å²) in [5, 5.41) is 0. The van der Waals surface area contributed by atoms with Crippen molar-refractivity contribution in [2.24, 2.45) is 5.92 Å². The summed E-state index contributed by atoms with van der Waals surface area (Å²) in [7, 11) is 0. The van der Waals surface area contributed by atoms with Crippen LogP contribution in [-0.4, -0.2) is 19.6 Å². The molecule has 2 rings (SSSR count). The number of rotatable bonds is 6. The van der Waals surface area contributed by atoms with Crippen molar-refractivity contribution < 1.29 is 27.4 Å². The van der Waals surface area contributed by atoms with Crippen LogP contribution in [0.1, 0.15) is 44.5 Å². The minimum absolute atomic E-state index is 0.246. The van der Waals surface area contributed by atoms with E-state index in [1.807, 2.05) is 0 Å². The Morgan fingerprint density at radius 3 is 2.27 bits per heavy atom. The van der Waals surface area contributed by atoms with Crippen LogP contribution in [0.2, 0.25) is 0 Å². The first-order valence-corrected chi connectivity index (χ1v) is 7.57. The van der Waals surface area contributed by atoms with Gasteiger partial charge in [0.2, 0.25) is 0 Å². The number of halogens is 3. The van der Waals surface area contributed by atoms with Gasteiger partial charge in [-0.2, -0.15) is 0 Å². The van der Waals surface area contributed by atoms with Crippen LogP contribution < -0.4 is 4.74 Å². The summed E-state index contributed by atoms with van der Waals surface area (Å²) >= 11 is 0. The maximum atomic E-state index is 12.1. The molecule has 0 aliphatic carbocycles. The SMILES string of the molecule is CCCCCC1COC(c2ccc(OC(F)(F)F)cc2)OC1. The van der Waals surface area contributed by atoms with Gasteiger partial charge >= 0.3 is 6.36 Å². The van der Waals surface area contributed by atoms with E-state index < -0.39 is 12.7 Å². The molecule has 1 aliphatic heterocycles. The third-order valence-corrected chi connectivity index (χ3v) is 3.57. The van der Waals surface area contributed by atoms with E-state index in [9.17, 15) is 13.2 Å². The normalized spacial score (nSPS) is 22.5. The lowest BCUT2D eigenvalue weighted by Gasteiger charge is -2.29. The summed E-state index contributed by atoms with van der Waals surface area (Å²) in [4.78, 5) is 0. The van der Waals surface area contributed by atoms with E-state index in [-0.39, 0.29) is 5.75 Å². The molecule has 0 aromatic heterocycles. The molecule has 0 N–H and O–H groups in total. The minimum Gasteiger partial charge on any atom is -0.406 e. The van der Waals surface area contributed by atoms with Crippen molar-refractivity contribution in [2.45, 2.75) is 45.3 Å². The van der Waals surface area contributed by atoms with Crippen molar-refractivity contribution in [2.75, 3.05) is 13.2 Å². The standard InChI is InChI=1S/C16H21F3O3/c1-2-3-4-5-12-10-20-15(21-11-12)13-6-8-14(9-7-13)22-16(17,18)19/h6-9,12,15H,2-5,10-11H2,1H3. The molecule has 1 saturated heterocycles.